The third-order valence-corrected chi connectivity index (χ3v) is 2.47. The molecular formula is C10H10ClN3O. The average Bonchev–Trinajstić information content (AvgIpc) is 2.60. The van der Waals surface area contributed by atoms with Gasteiger partial charge in [-0.25, -0.2) is 0 Å². The third-order valence-electron chi connectivity index (χ3n) is 2.09. The van der Waals surface area contributed by atoms with Gasteiger partial charge in [-0.3, -0.25) is 5.10 Å². The minimum Gasteiger partial charge on any atom is -0.497 e. The monoisotopic (exact) mass is 223 g/mol. The van der Waals surface area contributed by atoms with Crippen LogP contribution in [0.4, 0.5) is 5.82 Å². The Labute approximate surface area is 92.0 Å². The average molecular weight is 224 g/mol. The molecule has 0 saturated heterocycles. The highest BCUT2D eigenvalue weighted by molar-refractivity contribution is 6.35. The maximum absolute atomic E-state index is 5.98. The summed E-state index contributed by atoms with van der Waals surface area (Å²) in [6.45, 7) is 0. The van der Waals surface area contributed by atoms with E-state index in [1.807, 2.05) is 24.3 Å². The van der Waals surface area contributed by atoms with Crippen LogP contribution in [-0.2, 0) is 0 Å². The number of benzene rings is 1. The van der Waals surface area contributed by atoms with Crippen molar-refractivity contribution in [2.24, 2.45) is 0 Å². The van der Waals surface area contributed by atoms with Crippen LogP contribution in [0.1, 0.15) is 0 Å². The molecule has 4 nitrogen and oxygen atoms in total. The third kappa shape index (κ3) is 1.76. The number of nitrogens with zero attached hydrogens (tertiary/aromatic N) is 1. The number of hydrogen-bond acceptors (Lipinski definition) is 3. The van der Waals surface area contributed by atoms with Gasteiger partial charge in [0.1, 0.15) is 10.8 Å². The summed E-state index contributed by atoms with van der Waals surface area (Å²) < 4.78 is 5.11. The van der Waals surface area contributed by atoms with E-state index in [0.717, 1.165) is 11.3 Å². The zero-order chi connectivity index (χ0) is 10.8. The number of anilines is 1. The van der Waals surface area contributed by atoms with Gasteiger partial charge in [0.05, 0.1) is 12.8 Å². The van der Waals surface area contributed by atoms with Gasteiger partial charge in [0.15, 0.2) is 5.82 Å². The maximum atomic E-state index is 5.98. The number of nitrogens with one attached hydrogen (secondary N) is 1. The van der Waals surface area contributed by atoms with E-state index in [-0.39, 0.29) is 0 Å². The quantitative estimate of drug-likeness (QED) is 0.821. The SMILES string of the molecule is COc1cccc(-c2[nH]nc(N)c2Cl)c1. The molecule has 0 radical (unpaired) electrons. The van der Waals surface area contributed by atoms with E-state index in [0.29, 0.717) is 16.5 Å². The first-order chi connectivity index (χ1) is 7.22. The highest BCUT2D eigenvalue weighted by Crippen LogP contribution is 2.31. The molecule has 0 saturated carbocycles. The van der Waals surface area contributed by atoms with Crippen LogP contribution in [0.2, 0.25) is 5.02 Å². The molecule has 2 aromatic rings. The van der Waals surface area contributed by atoms with Crippen LogP contribution in [-0.4, -0.2) is 17.3 Å². The van der Waals surface area contributed by atoms with Crippen LogP contribution in [0.3, 0.4) is 0 Å². The number of halogens is 1. The molecule has 1 heterocycles. The second kappa shape index (κ2) is 3.82. The fourth-order valence-electron chi connectivity index (χ4n) is 1.31. The Morgan fingerprint density at radius 2 is 2.27 bits per heavy atom. The van der Waals surface area contributed by atoms with Crippen molar-refractivity contribution in [3.8, 4) is 17.0 Å². The Kier molecular flexibility index (Phi) is 2.51. The lowest BCUT2D eigenvalue weighted by Crippen LogP contribution is -1.84. The smallest absolute Gasteiger partial charge is 0.164 e. The van der Waals surface area contributed by atoms with Crippen molar-refractivity contribution in [2.75, 3.05) is 12.8 Å². The number of ether oxygens (including phenoxy) is 1. The Morgan fingerprint density at radius 3 is 2.87 bits per heavy atom. The first-order valence-corrected chi connectivity index (χ1v) is 4.74. The highest BCUT2D eigenvalue weighted by Gasteiger charge is 2.10. The van der Waals surface area contributed by atoms with Crippen molar-refractivity contribution in [2.45, 2.75) is 0 Å². The lowest BCUT2D eigenvalue weighted by molar-refractivity contribution is 0.415. The van der Waals surface area contributed by atoms with Gasteiger partial charge in [0.25, 0.3) is 0 Å². The highest BCUT2D eigenvalue weighted by atomic mass is 35.5. The second-order valence-corrected chi connectivity index (χ2v) is 3.41. The first kappa shape index (κ1) is 9.86. The van der Waals surface area contributed by atoms with E-state index < -0.39 is 0 Å². The number of methoxy groups -OCH3 is 1. The molecule has 3 N–H and O–H groups in total. The van der Waals surface area contributed by atoms with E-state index in [1.165, 1.54) is 0 Å². The van der Waals surface area contributed by atoms with Crippen LogP contribution < -0.4 is 10.5 Å². The second-order valence-electron chi connectivity index (χ2n) is 3.03. The molecule has 78 valence electrons. The number of aromatic amines is 1. The summed E-state index contributed by atoms with van der Waals surface area (Å²) in [5.74, 6) is 1.06. The summed E-state index contributed by atoms with van der Waals surface area (Å²) in [5.41, 5.74) is 7.14. The van der Waals surface area contributed by atoms with Crippen molar-refractivity contribution in [3.63, 3.8) is 0 Å². The van der Waals surface area contributed by atoms with Gasteiger partial charge < -0.3 is 10.5 Å². The molecule has 0 unspecified atom stereocenters. The largest absolute Gasteiger partial charge is 0.497 e. The normalized spacial score (nSPS) is 10.3. The fourth-order valence-corrected chi connectivity index (χ4v) is 1.51. The van der Waals surface area contributed by atoms with Gasteiger partial charge in [-0.1, -0.05) is 23.7 Å². The van der Waals surface area contributed by atoms with Gasteiger partial charge in [-0.2, -0.15) is 5.10 Å². The fraction of sp³-hybridized carbons (Fsp3) is 0.100. The standard InChI is InChI=1S/C10H10ClN3O/c1-15-7-4-2-3-6(5-7)9-8(11)10(12)14-13-9/h2-5H,1H3,(H3,12,13,14). The van der Waals surface area contributed by atoms with Crippen molar-refractivity contribution < 1.29 is 4.74 Å². The molecule has 1 aromatic carbocycles. The summed E-state index contributed by atoms with van der Waals surface area (Å²) >= 11 is 5.98. The van der Waals surface area contributed by atoms with Gasteiger partial charge in [-0.15, -0.1) is 0 Å². The number of nitrogens with two attached hydrogens (primary N) is 1. The molecule has 0 spiro atoms. The van der Waals surface area contributed by atoms with E-state index in [4.69, 9.17) is 22.1 Å². The van der Waals surface area contributed by atoms with E-state index in [1.54, 1.807) is 7.11 Å². The predicted octanol–water partition coefficient (Wildman–Crippen LogP) is 2.32. The Hall–Kier alpha value is -1.68. The van der Waals surface area contributed by atoms with Crippen molar-refractivity contribution in [1.29, 1.82) is 0 Å². The molecule has 15 heavy (non-hydrogen) atoms. The van der Waals surface area contributed by atoms with Crippen LogP contribution >= 0.6 is 11.6 Å². The molecule has 1 aromatic heterocycles. The Balaban J connectivity index is 2.49. The molecule has 0 bridgehead atoms. The topological polar surface area (TPSA) is 63.9 Å². The van der Waals surface area contributed by atoms with Crippen LogP contribution in [0.5, 0.6) is 5.75 Å². The van der Waals surface area contributed by atoms with Gasteiger partial charge >= 0.3 is 0 Å². The lowest BCUT2D eigenvalue weighted by atomic mass is 10.1. The molecule has 0 aliphatic rings. The number of hydrogen-bond donors (Lipinski definition) is 2. The van der Waals surface area contributed by atoms with Crippen LogP contribution in [0.15, 0.2) is 24.3 Å². The summed E-state index contributed by atoms with van der Waals surface area (Å²) in [4.78, 5) is 0. The zero-order valence-electron chi connectivity index (χ0n) is 8.12. The van der Waals surface area contributed by atoms with Crippen molar-refractivity contribution in [1.82, 2.24) is 10.2 Å². The minimum absolute atomic E-state index is 0.300. The number of nitrogen functional groups attached to an aromatic ring is 1. The van der Waals surface area contributed by atoms with Gasteiger partial charge in [-0.05, 0) is 12.1 Å². The molecule has 5 heteroatoms. The molecule has 0 atom stereocenters. The van der Waals surface area contributed by atoms with E-state index in [9.17, 15) is 0 Å². The number of aromatic nitrogens is 2. The molecule has 2 rings (SSSR count). The molecule has 0 aliphatic carbocycles. The lowest BCUT2D eigenvalue weighted by Gasteiger charge is -2.02. The molecular weight excluding hydrogens is 214 g/mol. The predicted molar refractivity (Wildman–Crippen MR) is 60.0 cm³/mol. The molecule has 0 amide bonds. The van der Waals surface area contributed by atoms with E-state index in [2.05, 4.69) is 10.2 Å². The Morgan fingerprint density at radius 1 is 1.47 bits per heavy atom. The minimum atomic E-state index is 0.300. The number of H-pyrrole nitrogens is 1. The molecule has 0 aliphatic heterocycles. The molecule has 0 fully saturated rings. The van der Waals surface area contributed by atoms with Gasteiger partial charge in [0.2, 0.25) is 0 Å². The number of rotatable bonds is 2. The van der Waals surface area contributed by atoms with Crippen LogP contribution in [0, 0.1) is 0 Å². The van der Waals surface area contributed by atoms with Gasteiger partial charge in [0, 0.05) is 5.56 Å². The first-order valence-electron chi connectivity index (χ1n) is 4.36. The summed E-state index contributed by atoms with van der Waals surface area (Å²) in [7, 11) is 1.61. The maximum Gasteiger partial charge on any atom is 0.164 e. The van der Waals surface area contributed by atoms with Crippen LogP contribution in [0.25, 0.3) is 11.3 Å². The summed E-state index contributed by atoms with van der Waals surface area (Å²) in [6, 6.07) is 7.50. The van der Waals surface area contributed by atoms with Crippen molar-refractivity contribution in [3.05, 3.63) is 29.3 Å². The zero-order valence-corrected chi connectivity index (χ0v) is 8.88. The summed E-state index contributed by atoms with van der Waals surface area (Å²) in [6.07, 6.45) is 0. The van der Waals surface area contributed by atoms with Crippen molar-refractivity contribution >= 4 is 17.4 Å². The summed E-state index contributed by atoms with van der Waals surface area (Å²) in [5, 5.41) is 7.04. The van der Waals surface area contributed by atoms with E-state index >= 15 is 0 Å². The Bertz CT molecular complexity index is 481.